The van der Waals surface area contributed by atoms with Gasteiger partial charge < -0.3 is 4.74 Å². The molecule has 5 rings (SSSR count). The van der Waals surface area contributed by atoms with E-state index < -0.39 is 11.2 Å². The Bertz CT molecular complexity index is 1170. The average Bonchev–Trinajstić information content (AvgIpc) is 3.19. The third-order valence-corrected chi connectivity index (χ3v) is 5.55. The summed E-state index contributed by atoms with van der Waals surface area (Å²) in [5.41, 5.74) is 3.31. The van der Waals surface area contributed by atoms with Crippen molar-refractivity contribution in [2.24, 2.45) is 5.10 Å². The number of rotatable bonds is 3. The maximum absolute atomic E-state index is 13.4. The molecule has 0 amide bonds. The predicted molar refractivity (Wildman–Crippen MR) is 110 cm³/mol. The van der Waals surface area contributed by atoms with Gasteiger partial charge in [-0.15, -0.1) is 0 Å². The lowest BCUT2D eigenvalue weighted by atomic mass is 9.96. The van der Waals surface area contributed by atoms with E-state index in [4.69, 9.17) is 21.4 Å². The Hall–Kier alpha value is -3.45. The molecule has 0 bridgehead atoms. The third-order valence-electron chi connectivity index (χ3n) is 5.32. The summed E-state index contributed by atoms with van der Waals surface area (Å²) in [5, 5.41) is 18.2. The Labute approximate surface area is 176 Å². The first-order valence-electron chi connectivity index (χ1n) is 9.32. The van der Waals surface area contributed by atoms with Crippen LogP contribution in [0.4, 0.5) is 10.1 Å². The third kappa shape index (κ3) is 3.17. The number of hydrazone groups is 1. The van der Waals surface area contributed by atoms with Crippen LogP contribution >= 0.6 is 11.6 Å². The van der Waals surface area contributed by atoms with Gasteiger partial charge in [-0.25, -0.2) is 9.40 Å². The lowest BCUT2D eigenvalue weighted by molar-refractivity contribution is -0.384. The summed E-state index contributed by atoms with van der Waals surface area (Å²) in [6.07, 6.45) is 0.0497. The molecule has 2 atom stereocenters. The number of nitro groups is 1. The maximum Gasteiger partial charge on any atom is 0.269 e. The fourth-order valence-electron chi connectivity index (χ4n) is 3.86. The Morgan fingerprint density at radius 3 is 2.53 bits per heavy atom. The van der Waals surface area contributed by atoms with E-state index in [1.807, 2.05) is 17.1 Å². The van der Waals surface area contributed by atoms with Crippen LogP contribution in [0.5, 0.6) is 5.75 Å². The van der Waals surface area contributed by atoms with Gasteiger partial charge in [-0.1, -0.05) is 23.7 Å². The van der Waals surface area contributed by atoms with Gasteiger partial charge in [-0.05, 0) is 48.0 Å². The van der Waals surface area contributed by atoms with Crippen LogP contribution in [0.3, 0.4) is 0 Å². The quantitative estimate of drug-likeness (QED) is 0.404. The van der Waals surface area contributed by atoms with E-state index in [1.165, 1.54) is 24.3 Å². The summed E-state index contributed by atoms with van der Waals surface area (Å²) in [6.45, 7) is 0. The number of fused-ring (bicyclic) bond motifs is 3. The standard InChI is InChI=1S/C22H15ClFN3O3/c23-15-5-10-21-18(11-15)20-12-19(13-1-6-16(24)7-2-13)25-26(20)22(30-21)14-3-8-17(9-4-14)27(28)29/h1-11,20,22H,12H2/t20-,22-/m1/s1. The van der Waals surface area contributed by atoms with Crippen LogP contribution in [0.25, 0.3) is 0 Å². The van der Waals surface area contributed by atoms with Gasteiger partial charge in [0, 0.05) is 34.7 Å². The van der Waals surface area contributed by atoms with Crippen LogP contribution in [-0.2, 0) is 0 Å². The second kappa shape index (κ2) is 7.11. The van der Waals surface area contributed by atoms with Gasteiger partial charge in [-0.2, -0.15) is 5.10 Å². The Morgan fingerprint density at radius 1 is 1.10 bits per heavy atom. The fourth-order valence-corrected chi connectivity index (χ4v) is 4.04. The largest absolute Gasteiger partial charge is 0.464 e. The first kappa shape index (κ1) is 18.6. The average molecular weight is 424 g/mol. The van der Waals surface area contributed by atoms with Crippen molar-refractivity contribution < 1.29 is 14.1 Å². The molecule has 8 heteroatoms. The Kier molecular flexibility index (Phi) is 4.40. The number of benzene rings is 3. The molecule has 3 aromatic rings. The zero-order chi connectivity index (χ0) is 20.8. The minimum Gasteiger partial charge on any atom is -0.464 e. The summed E-state index contributed by atoms with van der Waals surface area (Å²) in [4.78, 5) is 10.6. The van der Waals surface area contributed by atoms with Crippen molar-refractivity contribution in [1.29, 1.82) is 0 Å². The van der Waals surface area contributed by atoms with E-state index in [1.54, 1.807) is 30.3 Å². The summed E-state index contributed by atoms with van der Waals surface area (Å²) < 4.78 is 19.6. The van der Waals surface area contributed by atoms with Crippen LogP contribution < -0.4 is 4.74 Å². The lowest BCUT2D eigenvalue weighted by Gasteiger charge is -2.38. The zero-order valence-electron chi connectivity index (χ0n) is 15.5. The van der Waals surface area contributed by atoms with Crippen molar-refractivity contribution >= 4 is 23.0 Å². The first-order valence-corrected chi connectivity index (χ1v) is 9.69. The molecule has 30 heavy (non-hydrogen) atoms. The van der Waals surface area contributed by atoms with Gasteiger partial charge in [0.2, 0.25) is 6.23 Å². The Morgan fingerprint density at radius 2 is 1.83 bits per heavy atom. The molecular formula is C22H15ClFN3O3. The number of ether oxygens (including phenoxy) is 1. The van der Waals surface area contributed by atoms with Crippen molar-refractivity contribution in [2.45, 2.75) is 18.7 Å². The Balaban J connectivity index is 1.57. The van der Waals surface area contributed by atoms with Crippen LogP contribution in [0.2, 0.25) is 5.02 Å². The number of non-ortho nitro benzene ring substituents is 1. The highest BCUT2D eigenvalue weighted by atomic mass is 35.5. The van der Waals surface area contributed by atoms with Crippen LogP contribution in [0.15, 0.2) is 71.8 Å². The number of nitrogens with zero attached hydrogens (tertiary/aromatic N) is 3. The summed E-state index contributed by atoms with van der Waals surface area (Å²) >= 11 is 6.22. The van der Waals surface area contributed by atoms with E-state index >= 15 is 0 Å². The maximum atomic E-state index is 13.4. The second-order valence-corrected chi connectivity index (χ2v) is 7.59. The molecule has 2 aliphatic rings. The van der Waals surface area contributed by atoms with Gasteiger partial charge in [0.1, 0.15) is 11.6 Å². The van der Waals surface area contributed by atoms with Crippen molar-refractivity contribution in [2.75, 3.05) is 0 Å². The molecule has 0 spiro atoms. The minimum absolute atomic E-state index is 0.00946. The zero-order valence-corrected chi connectivity index (χ0v) is 16.3. The number of hydrogen-bond acceptors (Lipinski definition) is 5. The van der Waals surface area contributed by atoms with Crippen molar-refractivity contribution in [3.05, 3.63) is 104 Å². The molecule has 0 aromatic heterocycles. The number of halogens is 2. The van der Waals surface area contributed by atoms with E-state index in [0.717, 1.165) is 22.4 Å². The first-order chi connectivity index (χ1) is 14.5. The monoisotopic (exact) mass is 423 g/mol. The number of hydrogen-bond donors (Lipinski definition) is 0. The van der Waals surface area contributed by atoms with Gasteiger partial charge in [0.15, 0.2) is 0 Å². The van der Waals surface area contributed by atoms with Crippen LogP contribution in [0.1, 0.15) is 35.4 Å². The molecular weight excluding hydrogens is 409 g/mol. The molecule has 0 unspecified atom stereocenters. The lowest BCUT2D eigenvalue weighted by Crippen LogP contribution is -2.33. The highest BCUT2D eigenvalue weighted by molar-refractivity contribution is 6.30. The molecule has 6 nitrogen and oxygen atoms in total. The normalized spacial score (nSPS) is 19.5. The molecule has 0 N–H and O–H groups in total. The van der Waals surface area contributed by atoms with E-state index in [-0.39, 0.29) is 17.5 Å². The van der Waals surface area contributed by atoms with Gasteiger partial charge in [0.05, 0.1) is 16.7 Å². The molecule has 3 aromatic carbocycles. The van der Waals surface area contributed by atoms with E-state index in [9.17, 15) is 14.5 Å². The molecule has 150 valence electrons. The molecule has 0 saturated carbocycles. The highest BCUT2D eigenvalue weighted by Crippen LogP contribution is 2.48. The smallest absolute Gasteiger partial charge is 0.269 e. The highest BCUT2D eigenvalue weighted by Gasteiger charge is 2.41. The predicted octanol–water partition coefficient (Wildman–Crippen LogP) is 5.63. The van der Waals surface area contributed by atoms with Crippen LogP contribution in [-0.4, -0.2) is 15.6 Å². The summed E-state index contributed by atoms with van der Waals surface area (Å²) in [6, 6.07) is 17.8. The topological polar surface area (TPSA) is 68.0 Å². The summed E-state index contributed by atoms with van der Waals surface area (Å²) in [7, 11) is 0. The van der Waals surface area contributed by atoms with Crippen molar-refractivity contribution in [3.8, 4) is 5.75 Å². The van der Waals surface area contributed by atoms with Gasteiger partial charge in [-0.3, -0.25) is 10.1 Å². The minimum atomic E-state index is -0.553. The molecule has 0 fully saturated rings. The molecule has 2 heterocycles. The van der Waals surface area contributed by atoms with E-state index in [2.05, 4.69) is 0 Å². The van der Waals surface area contributed by atoms with E-state index in [0.29, 0.717) is 17.2 Å². The fraction of sp³-hybridized carbons (Fsp3) is 0.136. The van der Waals surface area contributed by atoms with Gasteiger partial charge >= 0.3 is 0 Å². The summed E-state index contributed by atoms with van der Waals surface area (Å²) in [5.74, 6) is 0.388. The molecule has 0 aliphatic carbocycles. The van der Waals surface area contributed by atoms with Crippen LogP contribution in [0, 0.1) is 15.9 Å². The second-order valence-electron chi connectivity index (χ2n) is 7.15. The van der Waals surface area contributed by atoms with Gasteiger partial charge in [0.25, 0.3) is 5.69 Å². The SMILES string of the molecule is O=[N+]([O-])c1ccc([C@H]2Oc3ccc(Cl)cc3[C@H]3CC(c4ccc(F)cc4)=NN32)cc1. The van der Waals surface area contributed by atoms with Crippen molar-refractivity contribution in [1.82, 2.24) is 5.01 Å². The molecule has 2 aliphatic heterocycles. The molecule has 0 saturated heterocycles. The molecule has 0 radical (unpaired) electrons. The van der Waals surface area contributed by atoms with Crippen molar-refractivity contribution in [3.63, 3.8) is 0 Å². The number of nitro benzene ring substituents is 1.